The second-order valence-electron chi connectivity index (χ2n) is 6.98. The van der Waals surface area contributed by atoms with Gasteiger partial charge in [0.15, 0.2) is 0 Å². The Hall–Kier alpha value is -3.79. The van der Waals surface area contributed by atoms with Crippen molar-refractivity contribution in [3.63, 3.8) is 0 Å². The topological polar surface area (TPSA) is 125 Å². The van der Waals surface area contributed by atoms with Crippen molar-refractivity contribution in [3.05, 3.63) is 70.3 Å². The van der Waals surface area contributed by atoms with E-state index in [0.717, 1.165) is 0 Å². The number of anilines is 1. The lowest BCUT2D eigenvalue weighted by Crippen LogP contribution is -2.50. The van der Waals surface area contributed by atoms with E-state index in [-0.39, 0.29) is 17.2 Å². The summed E-state index contributed by atoms with van der Waals surface area (Å²) in [7, 11) is 0. The first kappa shape index (κ1) is 21.9. The smallest absolute Gasteiger partial charge is 0.313 e. The number of carbonyl (C=O) groups excluding carboxylic acids is 3. The molecule has 1 saturated heterocycles. The molecule has 3 rings (SSSR count). The van der Waals surface area contributed by atoms with Crippen LogP contribution in [0.5, 0.6) is 0 Å². The monoisotopic (exact) mass is 425 g/mol. The summed E-state index contributed by atoms with van der Waals surface area (Å²) < 4.78 is 0. The number of hydrogen-bond donors (Lipinski definition) is 2. The number of rotatable bonds is 6. The molecule has 2 N–H and O–H groups in total. The van der Waals surface area contributed by atoms with Crippen molar-refractivity contribution >= 4 is 29.1 Å². The van der Waals surface area contributed by atoms with Gasteiger partial charge in [-0.15, -0.1) is 0 Å². The van der Waals surface area contributed by atoms with Gasteiger partial charge in [0.05, 0.1) is 4.92 Å². The molecule has 0 bridgehead atoms. The van der Waals surface area contributed by atoms with Crippen LogP contribution in [0.15, 0.2) is 54.6 Å². The van der Waals surface area contributed by atoms with Crippen LogP contribution < -0.4 is 10.6 Å². The third-order valence-corrected chi connectivity index (χ3v) is 4.94. The fourth-order valence-corrected chi connectivity index (χ4v) is 3.28. The van der Waals surface area contributed by atoms with Gasteiger partial charge in [-0.05, 0) is 18.2 Å². The molecular formula is C21H23N5O5. The van der Waals surface area contributed by atoms with Gasteiger partial charge in [0, 0.05) is 51.0 Å². The number of hydrogen-bond acceptors (Lipinski definition) is 6. The Morgan fingerprint density at radius 2 is 1.55 bits per heavy atom. The zero-order valence-corrected chi connectivity index (χ0v) is 16.8. The van der Waals surface area contributed by atoms with Crippen LogP contribution in [0.1, 0.15) is 10.4 Å². The lowest BCUT2D eigenvalue weighted by Gasteiger charge is -2.34. The van der Waals surface area contributed by atoms with Crippen molar-refractivity contribution in [1.29, 1.82) is 0 Å². The summed E-state index contributed by atoms with van der Waals surface area (Å²) in [6.45, 7) is 2.80. The summed E-state index contributed by atoms with van der Waals surface area (Å²) in [5.41, 5.74) is 0.422. The summed E-state index contributed by atoms with van der Waals surface area (Å²) in [6, 6.07) is 14.6. The van der Waals surface area contributed by atoms with Crippen molar-refractivity contribution in [2.75, 3.05) is 44.6 Å². The van der Waals surface area contributed by atoms with Gasteiger partial charge in [0.25, 0.3) is 11.6 Å². The first-order valence-electron chi connectivity index (χ1n) is 9.85. The summed E-state index contributed by atoms with van der Waals surface area (Å²) in [5.74, 6) is -1.81. The summed E-state index contributed by atoms with van der Waals surface area (Å²) in [6.07, 6.45) is 0. The molecular weight excluding hydrogens is 402 g/mol. The molecule has 162 valence electrons. The standard InChI is InChI=1S/C21H23N5O5/c27-19(20(28)23-16-6-2-1-3-7-16)22-10-11-24-12-14-25(15-13-24)21(29)17-8-4-5-9-18(17)26(30)31/h1-9H,10-15H2,(H,22,27)(H,23,28). The molecule has 2 aromatic rings. The maximum atomic E-state index is 12.7. The second-order valence-corrected chi connectivity index (χ2v) is 6.98. The van der Waals surface area contributed by atoms with Crippen molar-refractivity contribution in [2.24, 2.45) is 0 Å². The molecule has 1 aliphatic rings. The highest BCUT2D eigenvalue weighted by atomic mass is 16.6. The van der Waals surface area contributed by atoms with Gasteiger partial charge >= 0.3 is 11.8 Å². The number of para-hydroxylation sites is 2. The van der Waals surface area contributed by atoms with Gasteiger partial charge in [-0.25, -0.2) is 0 Å². The van der Waals surface area contributed by atoms with Crippen LogP contribution in [0.25, 0.3) is 0 Å². The number of nitrogens with one attached hydrogen (secondary N) is 2. The molecule has 1 fully saturated rings. The Morgan fingerprint density at radius 3 is 2.23 bits per heavy atom. The first-order valence-corrected chi connectivity index (χ1v) is 9.85. The van der Waals surface area contributed by atoms with Crippen molar-refractivity contribution in [1.82, 2.24) is 15.1 Å². The number of piperazine rings is 1. The third-order valence-electron chi connectivity index (χ3n) is 4.94. The minimum atomic E-state index is -0.730. The Labute approximate surface area is 179 Å². The summed E-state index contributed by atoms with van der Waals surface area (Å²) >= 11 is 0. The molecule has 0 aromatic heterocycles. The molecule has 10 nitrogen and oxygen atoms in total. The van der Waals surface area contributed by atoms with E-state index in [1.54, 1.807) is 35.2 Å². The number of nitro benzene ring substituents is 1. The zero-order chi connectivity index (χ0) is 22.2. The maximum absolute atomic E-state index is 12.7. The highest BCUT2D eigenvalue weighted by Gasteiger charge is 2.27. The van der Waals surface area contributed by atoms with Gasteiger partial charge in [-0.2, -0.15) is 0 Å². The van der Waals surface area contributed by atoms with Gasteiger partial charge in [-0.1, -0.05) is 30.3 Å². The number of benzene rings is 2. The summed E-state index contributed by atoms with van der Waals surface area (Å²) in [4.78, 5) is 50.7. The predicted molar refractivity (Wildman–Crippen MR) is 114 cm³/mol. The molecule has 0 atom stereocenters. The van der Waals surface area contributed by atoms with E-state index >= 15 is 0 Å². The van der Waals surface area contributed by atoms with Crippen LogP contribution in [-0.2, 0) is 9.59 Å². The molecule has 1 aliphatic heterocycles. The molecule has 3 amide bonds. The van der Waals surface area contributed by atoms with Crippen LogP contribution >= 0.6 is 0 Å². The third kappa shape index (κ3) is 5.86. The van der Waals surface area contributed by atoms with Gasteiger partial charge in [0.2, 0.25) is 0 Å². The second kappa shape index (κ2) is 10.3. The molecule has 1 heterocycles. The number of carbonyl (C=O) groups is 3. The fraction of sp³-hybridized carbons (Fsp3) is 0.286. The lowest BCUT2D eigenvalue weighted by atomic mass is 10.1. The normalized spacial score (nSPS) is 14.0. The van der Waals surface area contributed by atoms with E-state index in [1.807, 2.05) is 6.07 Å². The average Bonchev–Trinajstić information content (AvgIpc) is 2.79. The van der Waals surface area contributed by atoms with Crippen molar-refractivity contribution in [2.45, 2.75) is 0 Å². The Kier molecular flexibility index (Phi) is 7.28. The van der Waals surface area contributed by atoms with Gasteiger partial charge in [-0.3, -0.25) is 29.4 Å². The quantitative estimate of drug-likeness (QED) is 0.406. The Balaban J connectivity index is 1.41. The molecule has 10 heteroatoms. The zero-order valence-electron chi connectivity index (χ0n) is 16.8. The number of nitro groups is 1. The van der Waals surface area contributed by atoms with Crippen molar-refractivity contribution in [3.8, 4) is 0 Å². The Morgan fingerprint density at radius 1 is 0.903 bits per heavy atom. The summed E-state index contributed by atoms with van der Waals surface area (Å²) in [5, 5.41) is 16.2. The van der Waals surface area contributed by atoms with Gasteiger partial charge in [0.1, 0.15) is 5.56 Å². The molecule has 0 saturated carbocycles. The largest absolute Gasteiger partial charge is 0.347 e. The van der Waals surface area contributed by atoms with E-state index in [4.69, 9.17) is 0 Å². The lowest BCUT2D eigenvalue weighted by molar-refractivity contribution is -0.385. The molecule has 31 heavy (non-hydrogen) atoms. The molecule has 0 aliphatic carbocycles. The van der Waals surface area contributed by atoms with Crippen molar-refractivity contribution < 1.29 is 19.3 Å². The van der Waals surface area contributed by atoms with E-state index in [0.29, 0.717) is 45.0 Å². The Bertz CT molecular complexity index is 958. The highest BCUT2D eigenvalue weighted by molar-refractivity contribution is 6.39. The fourth-order valence-electron chi connectivity index (χ4n) is 3.28. The first-order chi connectivity index (χ1) is 15.0. The van der Waals surface area contributed by atoms with E-state index in [1.165, 1.54) is 18.2 Å². The van der Waals surface area contributed by atoms with Crippen LogP contribution in [0.2, 0.25) is 0 Å². The molecule has 0 radical (unpaired) electrons. The average molecular weight is 425 g/mol. The van der Waals surface area contributed by atoms with Crippen LogP contribution in [0.3, 0.4) is 0 Å². The maximum Gasteiger partial charge on any atom is 0.313 e. The van der Waals surface area contributed by atoms with E-state index in [2.05, 4.69) is 15.5 Å². The molecule has 0 unspecified atom stereocenters. The van der Waals surface area contributed by atoms with E-state index < -0.39 is 16.7 Å². The predicted octanol–water partition coefficient (Wildman–Crippen LogP) is 1.11. The van der Waals surface area contributed by atoms with Crippen LogP contribution in [-0.4, -0.2) is 71.7 Å². The van der Waals surface area contributed by atoms with Crippen LogP contribution in [0, 0.1) is 10.1 Å². The molecule has 0 spiro atoms. The number of nitrogens with zero attached hydrogens (tertiary/aromatic N) is 3. The van der Waals surface area contributed by atoms with Gasteiger partial charge < -0.3 is 15.5 Å². The SMILES string of the molecule is O=C(NCCN1CCN(C(=O)c2ccccc2[N+](=O)[O-])CC1)C(=O)Nc1ccccc1. The van der Waals surface area contributed by atoms with Crippen LogP contribution in [0.4, 0.5) is 11.4 Å². The minimum Gasteiger partial charge on any atom is -0.347 e. The number of amides is 3. The minimum absolute atomic E-state index is 0.0811. The molecule has 2 aromatic carbocycles. The highest BCUT2D eigenvalue weighted by Crippen LogP contribution is 2.20. The van der Waals surface area contributed by atoms with E-state index in [9.17, 15) is 24.5 Å².